The molecule has 1 heterocycles. The van der Waals surface area contributed by atoms with Gasteiger partial charge < -0.3 is 14.8 Å². The Kier molecular flexibility index (Phi) is 5.73. The van der Waals surface area contributed by atoms with Crippen molar-refractivity contribution in [2.24, 2.45) is 0 Å². The monoisotopic (exact) mass is 356 g/mol. The van der Waals surface area contributed by atoms with Gasteiger partial charge in [0.05, 0.1) is 24.8 Å². The summed E-state index contributed by atoms with van der Waals surface area (Å²) in [6.07, 6.45) is 7.50. The lowest BCUT2D eigenvalue weighted by Gasteiger charge is -2.24. The Bertz CT molecular complexity index is 724. The van der Waals surface area contributed by atoms with E-state index in [0.29, 0.717) is 12.3 Å². The minimum absolute atomic E-state index is 0.119. The molecule has 0 spiro atoms. The maximum Gasteiger partial charge on any atom is 0.256 e. The third-order valence-corrected chi connectivity index (χ3v) is 4.45. The Morgan fingerprint density at radius 2 is 2.00 bits per heavy atom. The van der Waals surface area contributed by atoms with Crippen LogP contribution in [-0.4, -0.2) is 37.7 Å². The molecule has 0 bridgehead atoms. The van der Waals surface area contributed by atoms with Gasteiger partial charge in [-0.15, -0.1) is 0 Å². The third-order valence-electron chi connectivity index (χ3n) is 4.45. The molecule has 1 aromatic carbocycles. The maximum atomic E-state index is 12.8. The van der Waals surface area contributed by atoms with E-state index in [1.165, 1.54) is 4.90 Å². The SMILES string of the molecule is CCCOc1ccc(N2C(=O)CC(NC3=CC=CCC3OC)C2=O)cc1. The van der Waals surface area contributed by atoms with Crippen molar-refractivity contribution in [1.82, 2.24) is 5.32 Å². The third kappa shape index (κ3) is 3.80. The van der Waals surface area contributed by atoms with Crippen LogP contribution in [0.15, 0.2) is 48.2 Å². The molecule has 0 aromatic heterocycles. The lowest BCUT2D eigenvalue weighted by atomic mass is 10.1. The summed E-state index contributed by atoms with van der Waals surface area (Å²) in [7, 11) is 1.63. The number of benzene rings is 1. The number of nitrogens with one attached hydrogen (secondary N) is 1. The van der Waals surface area contributed by atoms with Crippen LogP contribution in [0.1, 0.15) is 26.2 Å². The standard InChI is InChI=1S/C20H24N2O4/c1-3-12-26-15-10-8-14(9-11-15)22-19(23)13-17(20(22)24)21-16-6-4-5-7-18(16)25-2/h4-6,8-11,17-18,21H,3,7,12-13H2,1-2H3. The predicted molar refractivity (Wildman–Crippen MR) is 98.9 cm³/mol. The van der Waals surface area contributed by atoms with Gasteiger partial charge in [-0.3, -0.25) is 9.59 Å². The number of allylic oxidation sites excluding steroid dienone is 2. The van der Waals surface area contributed by atoms with Crippen molar-refractivity contribution in [2.75, 3.05) is 18.6 Å². The highest BCUT2D eigenvalue weighted by molar-refractivity contribution is 6.22. The molecule has 3 rings (SSSR count). The molecule has 2 atom stereocenters. The van der Waals surface area contributed by atoms with E-state index < -0.39 is 6.04 Å². The van der Waals surface area contributed by atoms with Gasteiger partial charge in [0.25, 0.3) is 5.91 Å². The Labute approximate surface area is 153 Å². The van der Waals surface area contributed by atoms with Crippen LogP contribution in [0.2, 0.25) is 0 Å². The first kappa shape index (κ1) is 18.2. The van der Waals surface area contributed by atoms with Gasteiger partial charge in [-0.2, -0.15) is 0 Å². The van der Waals surface area contributed by atoms with Crippen molar-refractivity contribution in [2.45, 2.75) is 38.3 Å². The van der Waals surface area contributed by atoms with Crippen molar-refractivity contribution in [3.8, 4) is 5.75 Å². The van der Waals surface area contributed by atoms with Crippen molar-refractivity contribution < 1.29 is 19.1 Å². The van der Waals surface area contributed by atoms with Crippen LogP contribution in [0.4, 0.5) is 5.69 Å². The second-order valence-corrected chi connectivity index (χ2v) is 6.32. The average Bonchev–Trinajstić information content (AvgIpc) is 2.94. The van der Waals surface area contributed by atoms with E-state index in [-0.39, 0.29) is 24.3 Å². The highest BCUT2D eigenvalue weighted by Gasteiger charge is 2.40. The smallest absolute Gasteiger partial charge is 0.256 e. The number of ether oxygens (including phenoxy) is 2. The Morgan fingerprint density at radius 1 is 1.23 bits per heavy atom. The molecule has 0 saturated carbocycles. The lowest BCUT2D eigenvalue weighted by Crippen LogP contribution is -2.41. The lowest BCUT2D eigenvalue weighted by molar-refractivity contribution is -0.121. The van der Waals surface area contributed by atoms with Gasteiger partial charge in [-0.25, -0.2) is 4.90 Å². The number of methoxy groups -OCH3 is 1. The number of carbonyl (C=O) groups is 2. The fourth-order valence-electron chi connectivity index (χ4n) is 3.10. The van der Waals surface area contributed by atoms with Crippen LogP contribution in [-0.2, 0) is 14.3 Å². The number of carbonyl (C=O) groups excluding carboxylic acids is 2. The number of hydrogen-bond donors (Lipinski definition) is 1. The van der Waals surface area contributed by atoms with Crippen LogP contribution >= 0.6 is 0 Å². The van der Waals surface area contributed by atoms with E-state index >= 15 is 0 Å². The summed E-state index contributed by atoms with van der Waals surface area (Å²) in [6.45, 7) is 2.67. The quantitative estimate of drug-likeness (QED) is 0.761. The van der Waals surface area contributed by atoms with E-state index in [1.807, 2.05) is 25.2 Å². The fraction of sp³-hybridized carbons (Fsp3) is 0.400. The minimum atomic E-state index is -0.575. The molecule has 1 aromatic rings. The average molecular weight is 356 g/mol. The van der Waals surface area contributed by atoms with Gasteiger partial charge in [-0.05, 0) is 43.2 Å². The zero-order valence-electron chi connectivity index (χ0n) is 15.1. The zero-order valence-corrected chi connectivity index (χ0v) is 15.1. The van der Waals surface area contributed by atoms with Crippen molar-refractivity contribution in [3.05, 3.63) is 48.2 Å². The molecule has 6 heteroatoms. The van der Waals surface area contributed by atoms with Gasteiger partial charge in [0.2, 0.25) is 5.91 Å². The topological polar surface area (TPSA) is 67.9 Å². The number of rotatable bonds is 7. The first-order valence-electron chi connectivity index (χ1n) is 8.89. The van der Waals surface area contributed by atoms with Crippen LogP contribution < -0.4 is 15.0 Å². The Morgan fingerprint density at radius 3 is 2.69 bits per heavy atom. The van der Waals surface area contributed by atoms with E-state index in [1.54, 1.807) is 31.4 Å². The minimum Gasteiger partial charge on any atom is -0.494 e. The molecule has 138 valence electrons. The molecule has 1 aliphatic heterocycles. The van der Waals surface area contributed by atoms with Gasteiger partial charge in [-0.1, -0.05) is 19.1 Å². The van der Waals surface area contributed by atoms with Gasteiger partial charge in [0, 0.05) is 12.8 Å². The molecule has 2 unspecified atom stereocenters. The van der Waals surface area contributed by atoms with E-state index in [0.717, 1.165) is 24.3 Å². The number of nitrogens with zero attached hydrogens (tertiary/aromatic N) is 1. The van der Waals surface area contributed by atoms with Crippen LogP contribution in [0.25, 0.3) is 0 Å². The molecule has 1 saturated heterocycles. The molecule has 1 N–H and O–H groups in total. The van der Waals surface area contributed by atoms with Crippen LogP contribution in [0.5, 0.6) is 5.75 Å². The van der Waals surface area contributed by atoms with Crippen molar-refractivity contribution >= 4 is 17.5 Å². The highest BCUT2D eigenvalue weighted by atomic mass is 16.5. The van der Waals surface area contributed by atoms with Crippen molar-refractivity contribution in [1.29, 1.82) is 0 Å². The summed E-state index contributed by atoms with van der Waals surface area (Å²) in [6, 6.07) is 6.46. The molecule has 2 aliphatic rings. The van der Waals surface area contributed by atoms with E-state index in [2.05, 4.69) is 5.32 Å². The highest BCUT2D eigenvalue weighted by Crippen LogP contribution is 2.26. The maximum absolute atomic E-state index is 12.8. The second kappa shape index (κ2) is 8.19. The number of hydrogen-bond acceptors (Lipinski definition) is 5. The number of anilines is 1. The molecule has 2 amide bonds. The predicted octanol–water partition coefficient (Wildman–Crippen LogP) is 2.56. The van der Waals surface area contributed by atoms with Gasteiger partial charge in [0.1, 0.15) is 11.8 Å². The Hall–Kier alpha value is -2.60. The molecule has 26 heavy (non-hydrogen) atoms. The van der Waals surface area contributed by atoms with Crippen LogP contribution in [0, 0.1) is 0 Å². The summed E-state index contributed by atoms with van der Waals surface area (Å²) in [5.41, 5.74) is 1.39. The van der Waals surface area contributed by atoms with Crippen LogP contribution in [0.3, 0.4) is 0 Å². The first-order valence-corrected chi connectivity index (χ1v) is 8.89. The van der Waals surface area contributed by atoms with Gasteiger partial charge in [0.15, 0.2) is 0 Å². The summed E-state index contributed by atoms with van der Waals surface area (Å²) < 4.78 is 11.0. The van der Waals surface area contributed by atoms with E-state index in [9.17, 15) is 9.59 Å². The second-order valence-electron chi connectivity index (χ2n) is 6.32. The largest absolute Gasteiger partial charge is 0.494 e. The molecular weight excluding hydrogens is 332 g/mol. The first-order chi connectivity index (χ1) is 12.6. The fourth-order valence-corrected chi connectivity index (χ4v) is 3.10. The molecule has 0 radical (unpaired) electrons. The molecule has 1 aliphatic carbocycles. The van der Waals surface area contributed by atoms with Gasteiger partial charge >= 0.3 is 0 Å². The van der Waals surface area contributed by atoms with E-state index in [4.69, 9.17) is 9.47 Å². The number of imide groups is 1. The molecule has 1 fully saturated rings. The summed E-state index contributed by atoms with van der Waals surface area (Å²) in [5, 5.41) is 3.19. The Balaban J connectivity index is 1.70. The summed E-state index contributed by atoms with van der Waals surface area (Å²) >= 11 is 0. The summed E-state index contributed by atoms with van der Waals surface area (Å²) in [5.74, 6) is 0.268. The summed E-state index contributed by atoms with van der Waals surface area (Å²) in [4.78, 5) is 26.4. The van der Waals surface area contributed by atoms with Crippen molar-refractivity contribution in [3.63, 3.8) is 0 Å². The normalized spacial score (nSPS) is 22.5. The number of amides is 2. The molecule has 6 nitrogen and oxygen atoms in total. The molecular formula is C20H24N2O4. The zero-order chi connectivity index (χ0) is 18.5.